The molecule has 0 fully saturated rings. The summed E-state index contributed by atoms with van der Waals surface area (Å²) in [7, 11) is 0. The third-order valence-corrected chi connectivity index (χ3v) is 3.28. The number of carbonyl (C=O) groups excluding carboxylic acids is 1. The molecule has 116 valence electrons. The van der Waals surface area contributed by atoms with E-state index in [0.29, 0.717) is 16.9 Å². The lowest BCUT2D eigenvalue weighted by atomic mass is 10.2. The molecule has 3 rings (SSSR count). The van der Waals surface area contributed by atoms with Crippen molar-refractivity contribution in [3.63, 3.8) is 0 Å². The SMILES string of the molecule is O=C(NCc1cn2cccc(O)c2n1)c1ccc([N+](=O)[O-])cc1. The predicted molar refractivity (Wildman–Crippen MR) is 81.1 cm³/mol. The molecule has 23 heavy (non-hydrogen) atoms. The number of benzene rings is 1. The summed E-state index contributed by atoms with van der Waals surface area (Å²) in [6.07, 6.45) is 3.44. The van der Waals surface area contributed by atoms with Crippen molar-refractivity contribution in [2.24, 2.45) is 0 Å². The Morgan fingerprint density at radius 3 is 2.70 bits per heavy atom. The first-order valence-corrected chi connectivity index (χ1v) is 6.73. The smallest absolute Gasteiger partial charge is 0.269 e. The van der Waals surface area contributed by atoms with Crippen LogP contribution in [0.3, 0.4) is 0 Å². The van der Waals surface area contributed by atoms with E-state index < -0.39 is 4.92 Å². The average molecular weight is 312 g/mol. The van der Waals surface area contributed by atoms with E-state index in [9.17, 15) is 20.0 Å². The monoisotopic (exact) mass is 312 g/mol. The molecule has 0 saturated heterocycles. The number of imidazole rings is 1. The van der Waals surface area contributed by atoms with Gasteiger partial charge in [-0.3, -0.25) is 14.9 Å². The molecule has 8 nitrogen and oxygen atoms in total. The van der Waals surface area contributed by atoms with Crippen LogP contribution in [0.2, 0.25) is 0 Å². The van der Waals surface area contributed by atoms with Crippen LogP contribution in [0.5, 0.6) is 5.75 Å². The van der Waals surface area contributed by atoms with Crippen LogP contribution in [0.25, 0.3) is 5.65 Å². The molecule has 2 N–H and O–H groups in total. The molecule has 0 saturated carbocycles. The largest absolute Gasteiger partial charge is 0.504 e. The maximum absolute atomic E-state index is 12.0. The maximum atomic E-state index is 12.0. The third kappa shape index (κ3) is 2.95. The summed E-state index contributed by atoms with van der Waals surface area (Å²) in [6.45, 7) is 0.178. The van der Waals surface area contributed by atoms with Gasteiger partial charge in [0.2, 0.25) is 0 Å². The summed E-state index contributed by atoms with van der Waals surface area (Å²) in [4.78, 5) is 26.3. The van der Waals surface area contributed by atoms with Gasteiger partial charge in [0.1, 0.15) is 0 Å². The van der Waals surface area contributed by atoms with E-state index in [0.717, 1.165) is 0 Å². The molecule has 0 aliphatic heterocycles. The van der Waals surface area contributed by atoms with E-state index in [1.165, 1.54) is 30.3 Å². The van der Waals surface area contributed by atoms with Crippen LogP contribution >= 0.6 is 0 Å². The summed E-state index contributed by atoms with van der Waals surface area (Å²) < 4.78 is 1.66. The van der Waals surface area contributed by atoms with Crippen molar-refractivity contribution in [1.29, 1.82) is 0 Å². The van der Waals surface area contributed by atoms with E-state index >= 15 is 0 Å². The highest BCUT2D eigenvalue weighted by molar-refractivity contribution is 5.94. The van der Waals surface area contributed by atoms with Gasteiger partial charge in [0.15, 0.2) is 11.4 Å². The second kappa shape index (κ2) is 5.76. The minimum Gasteiger partial charge on any atom is -0.504 e. The van der Waals surface area contributed by atoms with Gasteiger partial charge in [-0.25, -0.2) is 4.98 Å². The molecule has 0 aliphatic carbocycles. The van der Waals surface area contributed by atoms with Crippen LogP contribution in [0.1, 0.15) is 16.1 Å². The van der Waals surface area contributed by atoms with Gasteiger partial charge in [0.05, 0.1) is 17.2 Å². The number of nitrogens with one attached hydrogen (secondary N) is 1. The van der Waals surface area contributed by atoms with E-state index in [1.807, 2.05) is 0 Å². The van der Waals surface area contributed by atoms with Crippen LogP contribution in [0.15, 0.2) is 48.8 Å². The zero-order valence-electron chi connectivity index (χ0n) is 11.8. The lowest BCUT2D eigenvalue weighted by Crippen LogP contribution is -2.22. The predicted octanol–water partition coefficient (Wildman–Crippen LogP) is 1.88. The summed E-state index contributed by atoms with van der Waals surface area (Å²) in [5, 5.41) is 22.9. The lowest BCUT2D eigenvalue weighted by molar-refractivity contribution is -0.384. The van der Waals surface area contributed by atoms with E-state index in [-0.39, 0.29) is 23.9 Å². The minimum atomic E-state index is -0.523. The summed E-state index contributed by atoms with van der Waals surface area (Å²) >= 11 is 0. The number of pyridine rings is 1. The molecule has 2 heterocycles. The summed E-state index contributed by atoms with van der Waals surface area (Å²) in [5.41, 5.74) is 1.24. The van der Waals surface area contributed by atoms with Gasteiger partial charge in [0.25, 0.3) is 11.6 Å². The Balaban J connectivity index is 1.70. The number of rotatable bonds is 4. The first-order chi connectivity index (χ1) is 11.0. The second-order valence-corrected chi connectivity index (χ2v) is 4.84. The normalized spacial score (nSPS) is 10.6. The Morgan fingerprint density at radius 1 is 1.30 bits per heavy atom. The number of hydrogen-bond acceptors (Lipinski definition) is 5. The fourth-order valence-electron chi connectivity index (χ4n) is 2.14. The minimum absolute atomic E-state index is 0.0560. The molecule has 0 atom stereocenters. The Bertz CT molecular complexity index is 886. The van der Waals surface area contributed by atoms with Gasteiger partial charge in [-0.05, 0) is 24.3 Å². The van der Waals surface area contributed by atoms with Crippen LogP contribution < -0.4 is 5.32 Å². The molecule has 0 unspecified atom stereocenters. The van der Waals surface area contributed by atoms with Crippen molar-refractivity contribution >= 4 is 17.2 Å². The molecule has 0 bridgehead atoms. The van der Waals surface area contributed by atoms with Gasteiger partial charge < -0.3 is 14.8 Å². The van der Waals surface area contributed by atoms with Crippen molar-refractivity contribution in [2.75, 3.05) is 0 Å². The number of amides is 1. The Hall–Kier alpha value is -3.42. The van der Waals surface area contributed by atoms with Gasteiger partial charge in [0, 0.05) is 30.1 Å². The number of nitro groups is 1. The topological polar surface area (TPSA) is 110 Å². The van der Waals surface area contributed by atoms with Crippen molar-refractivity contribution < 1.29 is 14.8 Å². The fourth-order valence-corrected chi connectivity index (χ4v) is 2.14. The van der Waals surface area contributed by atoms with Crippen LogP contribution in [-0.2, 0) is 6.54 Å². The average Bonchev–Trinajstić information content (AvgIpc) is 2.97. The highest BCUT2D eigenvalue weighted by Crippen LogP contribution is 2.17. The molecule has 8 heteroatoms. The number of carbonyl (C=O) groups is 1. The van der Waals surface area contributed by atoms with E-state index in [1.54, 1.807) is 22.9 Å². The quantitative estimate of drug-likeness (QED) is 0.564. The van der Waals surface area contributed by atoms with Crippen molar-refractivity contribution in [1.82, 2.24) is 14.7 Å². The number of nitro benzene ring substituents is 1. The molecule has 0 radical (unpaired) electrons. The zero-order valence-corrected chi connectivity index (χ0v) is 11.8. The van der Waals surface area contributed by atoms with E-state index in [4.69, 9.17) is 0 Å². The molecule has 1 amide bonds. The van der Waals surface area contributed by atoms with Gasteiger partial charge in [-0.2, -0.15) is 0 Å². The van der Waals surface area contributed by atoms with Gasteiger partial charge >= 0.3 is 0 Å². The molecule has 1 aromatic carbocycles. The van der Waals surface area contributed by atoms with Gasteiger partial charge in [-0.15, -0.1) is 0 Å². The van der Waals surface area contributed by atoms with Crippen LogP contribution in [0.4, 0.5) is 5.69 Å². The Labute approximate surface area is 130 Å². The summed E-state index contributed by atoms with van der Waals surface area (Å²) in [5.74, 6) is -0.304. The highest BCUT2D eigenvalue weighted by Gasteiger charge is 2.10. The zero-order chi connectivity index (χ0) is 16.4. The van der Waals surface area contributed by atoms with Crippen molar-refractivity contribution in [3.8, 4) is 5.75 Å². The lowest BCUT2D eigenvalue weighted by Gasteiger charge is -2.02. The first-order valence-electron chi connectivity index (χ1n) is 6.73. The first kappa shape index (κ1) is 14.5. The second-order valence-electron chi connectivity index (χ2n) is 4.84. The Morgan fingerprint density at radius 2 is 2.04 bits per heavy atom. The Kier molecular flexibility index (Phi) is 3.63. The highest BCUT2D eigenvalue weighted by atomic mass is 16.6. The summed E-state index contributed by atoms with van der Waals surface area (Å²) in [6, 6.07) is 8.55. The molecule has 0 spiro atoms. The van der Waals surface area contributed by atoms with Crippen LogP contribution in [-0.4, -0.2) is 25.3 Å². The fraction of sp³-hybridized carbons (Fsp3) is 0.0667. The van der Waals surface area contributed by atoms with E-state index in [2.05, 4.69) is 10.3 Å². The molecule has 3 aromatic rings. The standard InChI is InChI=1S/C15H12N4O4/c20-13-2-1-7-18-9-11(17-14(13)18)8-16-15(21)10-3-5-12(6-4-10)19(22)23/h1-7,9,20H,8H2,(H,16,21). The number of nitrogens with zero attached hydrogens (tertiary/aromatic N) is 3. The molecule has 0 aliphatic rings. The van der Waals surface area contributed by atoms with Crippen LogP contribution in [0, 0.1) is 10.1 Å². The number of hydrogen-bond donors (Lipinski definition) is 2. The number of aromatic hydroxyl groups is 1. The molecular formula is C15H12N4O4. The van der Waals surface area contributed by atoms with Crippen molar-refractivity contribution in [3.05, 3.63) is 70.2 Å². The third-order valence-electron chi connectivity index (χ3n) is 3.28. The van der Waals surface area contributed by atoms with Crippen molar-refractivity contribution in [2.45, 2.75) is 6.54 Å². The maximum Gasteiger partial charge on any atom is 0.269 e. The number of non-ortho nitro benzene ring substituents is 1. The number of fused-ring (bicyclic) bond motifs is 1. The molecular weight excluding hydrogens is 300 g/mol. The number of aromatic nitrogens is 2. The van der Waals surface area contributed by atoms with Gasteiger partial charge in [-0.1, -0.05) is 0 Å². The molecule has 2 aromatic heterocycles.